The number of hydrogen-bond donors (Lipinski definition) is 2. The number of hydrogen-bond acceptors (Lipinski definition) is 6. The number of benzene rings is 1. The maximum atomic E-state index is 12.6. The molecular weight excluding hydrogens is 374 g/mol. The molecule has 0 aromatic heterocycles. The van der Waals surface area contributed by atoms with E-state index in [2.05, 4.69) is 5.32 Å². The van der Waals surface area contributed by atoms with E-state index in [1.165, 1.54) is 7.11 Å². The van der Waals surface area contributed by atoms with E-state index in [1.54, 1.807) is 12.1 Å². The van der Waals surface area contributed by atoms with Crippen LogP contribution >= 0.6 is 0 Å². The largest absolute Gasteiger partial charge is 0.465 e. The minimum absolute atomic E-state index is 0.0662. The molecule has 0 bridgehead atoms. The molecule has 1 aliphatic carbocycles. The van der Waals surface area contributed by atoms with Gasteiger partial charge < -0.3 is 24.6 Å². The molecule has 0 saturated heterocycles. The van der Waals surface area contributed by atoms with Gasteiger partial charge in [-0.1, -0.05) is 12.1 Å². The Balaban J connectivity index is 1.91. The Labute approximate surface area is 171 Å². The number of carbonyl (C=O) groups excluding carboxylic acids is 2. The van der Waals surface area contributed by atoms with Gasteiger partial charge >= 0.3 is 5.97 Å². The van der Waals surface area contributed by atoms with Crippen molar-refractivity contribution in [3.8, 4) is 0 Å². The van der Waals surface area contributed by atoms with Crippen molar-refractivity contribution >= 4 is 11.9 Å². The van der Waals surface area contributed by atoms with Crippen LogP contribution in [0.3, 0.4) is 0 Å². The van der Waals surface area contributed by atoms with Crippen LogP contribution in [0.25, 0.3) is 0 Å². The van der Waals surface area contributed by atoms with Gasteiger partial charge in [0.15, 0.2) is 5.76 Å². The fourth-order valence-corrected chi connectivity index (χ4v) is 3.59. The van der Waals surface area contributed by atoms with E-state index < -0.39 is 12.3 Å². The molecule has 0 spiro atoms. The van der Waals surface area contributed by atoms with Gasteiger partial charge in [0.2, 0.25) is 6.29 Å². The summed E-state index contributed by atoms with van der Waals surface area (Å²) in [5.74, 6) is -0.568. The fraction of sp³-hybridized carbons (Fsp3) is 0.545. The Morgan fingerprint density at radius 2 is 1.97 bits per heavy atom. The summed E-state index contributed by atoms with van der Waals surface area (Å²) < 4.78 is 16.5. The number of aliphatic hydroxyl groups excluding tert-OH is 1. The molecule has 1 aromatic carbocycles. The molecule has 2 aliphatic rings. The van der Waals surface area contributed by atoms with Crippen LogP contribution in [0.15, 0.2) is 36.1 Å². The third kappa shape index (κ3) is 5.36. The molecule has 2 N–H and O–H groups in total. The first kappa shape index (κ1) is 21.3. The zero-order valence-electron chi connectivity index (χ0n) is 16.9. The average molecular weight is 403 g/mol. The van der Waals surface area contributed by atoms with E-state index in [9.17, 15) is 14.7 Å². The molecule has 3 rings (SSSR count). The number of esters is 1. The highest BCUT2D eigenvalue weighted by molar-refractivity contribution is 5.92. The summed E-state index contributed by atoms with van der Waals surface area (Å²) in [7, 11) is 1.35. The number of nitrogens with one attached hydrogen (secondary N) is 1. The molecule has 3 atom stereocenters. The van der Waals surface area contributed by atoms with Gasteiger partial charge in [0, 0.05) is 31.1 Å². The first-order valence-electron chi connectivity index (χ1n) is 10.2. The predicted octanol–water partition coefficient (Wildman–Crippen LogP) is 2.50. The lowest BCUT2D eigenvalue weighted by molar-refractivity contribution is -0.166. The van der Waals surface area contributed by atoms with E-state index in [0.29, 0.717) is 25.0 Å². The minimum atomic E-state index is -0.582. The summed E-state index contributed by atoms with van der Waals surface area (Å²) in [5.41, 5.74) is 1.41. The molecule has 7 nitrogen and oxygen atoms in total. The number of allylic oxidation sites excluding steroid dienone is 1. The van der Waals surface area contributed by atoms with E-state index in [-0.39, 0.29) is 36.2 Å². The number of aliphatic hydroxyl groups is 1. The first-order chi connectivity index (χ1) is 14.1. The summed E-state index contributed by atoms with van der Waals surface area (Å²) in [6.07, 6.45) is 4.52. The number of amides is 1. The number of rotatable bonds is 9. The summed E-state index contributed by atoms with van der Waals surface area (Å²) in [6.45, 7) is 2.41. The van der Waals surface area contributed by atoms with Gasteiger partial charge in [-0.25, -0.2) is 4.79 Å². The Morgan fingerprint density at radius 1 is 1.24 bits per heavy atom. The molecule has 0 unspecified atom stereocenters. The molecule has 158 valence electrons. The highest BCUT2D eigenvalue weighted by Crippen LogP contribution is 2.39. The molecule has 7 heteroatoms. The summed E-state index contributed by atoms with van der Waals surface area (Å²) in [4.78, 5) is 24.4. The second-order valence-corrected chi connectivity index (χ2v) is 7.39. The van der Waals surface area contributed by atoms with E-state index in [4.69, 9.17) is 14.2 Å². The van der Waals surface area contributed by atoms with Gasteiger partial charge in [-0.15, -0.1) is 0 Å². The maximum Gasteiger partial charge on any atom is 0.337 e. The zero-order valence-corrected chi connectivity index (χ0v) is 16.9. The first-order valence-corrected chi connectivity index (χ1v) is 10.2. The van der Waals surface area contributed by atoms with Crippen LogP contribution in [0.4, 0.5) is 0 Å². The molecule has 1 heterocycles. The third-order valence-corrected chi connectivity index (χ3v) is 5.26. The molecule has 0 radical (unpaired) electrons. The van der Waals surface area contributed by atoms with Crippen molar-refractivity contribution in [2.24, 2.45) is 5.92 Å². The maximum absolute atomic E-state index is 12.6. The van der Waals surface area contributed by atoms with Crippen molar-refractivity contribution in [3.63, 3.8) is 0 Å². The lowest BCUT2D eigenvalue weighted by Crippen LogP contribution is -2.39. The predicted molar refractivity (Wildman–Crippen MR) is 106 cm³/mol. The second-order valence-electron chi connectivity index (χ2n) is 7.39. The third-order valence-electron chi connectivity index (χ3n) is 5.26. The van der Waals surface area contributed by atoms with Gasteiger partial charge in [0.1, 0.15) is 0 Å². The molecule has 1 aromatic rings. The standard InChI is InChI=1S/C22H29NO6/c1-3-28-22-17(5-4-12-24)18(13-19(29-22)20(25)23-16-10-11-16)14-6-8-15(9-7-14)21(26)27-2/h6-9,13,16-18,22,24H,3-5,10-12H2,1-2H3,(H,23,25)/t17-,18-,22-/m0/s1. The summed E-state index contributed by atoms with van der Waals surface area (Å²) in [5, 5.41) is 12.3. The van der Waals surface area contributed by atoms with Crippen LogP contribution in [-0.2, 0) is 19.0 Å². The van der Waals surface area contributed by atoms with Crippen molar-refractivity contribution in [2.75, 3.05) is 20.3 Å². The molecular formula is C22H29NO6. The number of ether oxygens (including phenoxy) is 3. The highest BCUT2D eigenvalue weighted by atomic mass is 16.7. The molecule has 1 fully saturated rings. The van der Waals surface area contributed by atoms with Crippen LogP contribution in [-0.4, -0.2) is 49.6 Å². The van der Waals surface area contributed by atoms with Crippen molar-refractivity contribution in [1.82, 2.24) is 5.32 Å². The van der Waals surface area contributed by atoms with E-state index >= 15 is 0 Å². The Kier molecular flexibility index (Phi) is 7.28. The number of carbonyl (C=O) groups is 2. The molecule has 1 amide bonds. The Bertz CT molecular complexity index is 740. The number of methoxy groups -OCH3 is 1. The van der Waals surface area contributed by atoms with Crippen LogP contribution in [0.2, 0.25) is 0 Å². The summed E-state index contributed by atoms with van der Waals surface area (Å²) in [6, 6.07) is 7.39. The van der Waals surface area contributed by atoms with Crippen LogP contribution < -0.4 is 5.32 Å². The Hall–Kier alpha value is -2.38. The minimum Gasteiger partial charge on any atom is -0.465 e. The molecule has 1 saturated carbocycles. The van der Waals surface area contributed by atoms with Gasteiger partial charge in [0.25, 0.3) is 5.91 Å². The molecule has 29 heavy (non-hydrogen) atoms. The van der Waals surface area contributed by atoms with Gasteiger partial charge in [0.05, 0.1) is 12.7 Å². The van der Waals surface area contributed by atoms with Crippen molar-refractivity contribution in [2.45, 2.75) is 50.9 Å². The van der Waals surface area contributed by atoms with Crippen molar-refractivity contribution in [3.05, 3.63) is 47.2 Å². The van der Waals surface area contributed by atoms with Crippen LogP contribution in [0.1, 0.15) is 54.4 Å². The lowest BCUT2D eigenvalue weighted by Gasteiger charge is -2.37. The van der Waals surface area contributed by atoms with Gasteiger partial charge in [-0.2, -0.15) is 0 Å². The Morgan fingerprint density at radius 3 is 2.55 bits per heavy atom. The van der Waals surface area contributed by atoms with E-state index in [0.717, 1.165) is 18.4 Å². The normalized spacial score (nSPS) is 23.7. The van der Waals surface area contributed by atoms with Crippen molar-refractivity contribution < 1.29 is 28.9 Å². The second kappa shape index (κ2) is 9.89. The smallest absolute Gasteiger partial charge is 0.337 e. The zero-order chi connectivity index (χ0) is 20.8. The van der Waals surface area contributed by atoms with Gasteiger partial charge in [-0.3, -0.25) is 4.79 Å². The SMILES string of the molecule is CCO[C@H]1OC(C(=O)NC2CC2)=C[C@@H](c2ccc(C(=O)OC)cc2)[C@@H]1CCCO. The average Bonchev–Trinajstić information content (AvgIpc) is 3.56. The van der Waals surface area contributed by atoms with Crippen molar-refractivity contribution in [1.29, 1.82) is 0 Å². The van der Waals surface area contributed by atoms with Gasteiger partial charge in [-0.05, 0) is 56.4 Å². The topological polar surface area (TPSA) is 94.1 Å². The highest BCUT2D eigenvalue weighted by Gasteiger charge is 2.38. The van der Waals surface area contributed by atoms with Crippen LogP contribution in [0.5, 0.6) is 0 Å². The molecule has 1 aliphatic heterocycles. The fourth-order valence-electron chi connectivity index (χ4n) is 3.59. The summed E-state index contributed by atoms with van der Waals surface area (Å²) >= 11 is 0. The van der Waals surface area contributed by atoms with Crippen LogP contribution in [0, 0.1) is 5.92 Å². The quantitative estimate of drug-likeness (QED) is 0.616. The monoisotopic (exact) mass is 403 g/mol. The lowest BCUT2D eigenvalue weighted by atomic mass is 9.80. The van der Waals surface area contributed by atoms with E-state index in [1.807, 2.05) is 25.1 Å².